The van der Waals surface area contributed by atoms with Crippen molar-refractivity contribution in [3.63, 3.8) is 0 Å². The number of ether oxygens (including phenoxy) is 2. The molecule has 2 aliphatic heterocycles. The van der Waals surface area contributed by atoms with Crippen LogP contribution in [0, 0.1) is 17.3 Å². The molecular formula is C30H45BN2O6. The van der Waals surface area contributed by atoms with Crippen LogP contribution in [0.15, 0.2) is 30.3 Å². The van der Waals surface area contributed by atoms with Gasteiger partial charge in [0.15, 0.2) is 0 Å². The molecule has 6 rings (SSSR count). The van der Waals surface area contributed by atoms with Gasteiger partial charge in [-0.25, -0.2) is 9.59 Å². The van der Waals surface area contributed by atoms with E-state index in [0.29, 0.717) is 24.8 Å². The number of amides is 2. The van der Waals surface area contributed by atoms with Gasteiger partial charge in [0.05, 0.1) is 23.7 Å². The SMILES string of the molecule is CC(C)(C)OC(=O)N1CCCC[C@@H]1COC(=O)N[C@@H](Cc1ccccc1)B1OC2C[C@@H]3C[C@@H](C3(C)C)[C@]2(C)O1. The zero-order valence-electron chi connectivity index (χ0n) is 24.4. The van der Waals surface area contributed by atoms with Crippen LogP contribution in [0.25, 0.3) is 0 Å². The van der Waals surface area contributed by atoms with Crippen molar-refractivity contribution >= 4 is 19.3 Å². The zero-order chi connectivity index (χ0) is 28.0. The van der Waals surface area contributed by atoms with E-state index in [2.05, 4.69) is 26.1 Å². The van der Waals surface area contributed by atoms with E-state index < -0.39 is 24.8 Å². The second-order valence-corrected chi connectivity index (χ2v) is 13.7. The largest absolute Gasteiger partial charge is 0.482 e. The quantitative estimate of drug-likeness (QED) is 0.488. The summed E-state index contributed by atoms with van der Waals surface area (Å²) in [6, 6.07) is 9.85. The lowest BCUT2D eigenvalue weighted by atomic mass is 9.43. The van der Waals surface area contributed by atoms with Crippen molar-refractivity contribution < 1.29 is 28.4 Å². The molecular weight excluding hydrogens is 495 g/mol. The fourth-order valence-electron chi connectivity index (χ4n) is 7.25. The number of nitrogens with zero attached hydrogens (tertiary/aromatic N) is 1. The highest BCUT2D eigenvalue weighted by atomic mass is 16.7. The van der Waals surface area contributed by atoms with Gasteiger partial charge in [0.2, 0.25) is 0 Å². The van der Waals surface area contributed by atoms with Gasteiger partial charge >= 0.3 is 19.3 Å². The van der Waals surface area contributed by atoms with Crippen molar-refractivity contribution in [1.29, 1.82) is 0 Å². The van der Waals surface area contributed by atoms with Crippen LogP contribution in [0.4, 0.5) is 9.59 Å². The third-order valence-corrected chi connectivity index (χ3v) is 9.56. The number of alkyl carbamates (subject to hydrolysis) is 1. The summed E-state index contributed by atoms with van der Waals surface area (Å²) in [6.07, 6.45) is 4.53. The molecule has 1 unspecified atom stereocenters. The van der Waals surface area contributed by atoms with Crippen LogP contribution >= 0.6 is 0 Å². The minimum Gasteiger partial charge on any atom is -0.447 e. The van der Waals surface area contributed by atoms with Crippen LogP contribution in [0.2, 0.25) is 0 Å². The molecule has 3 saturated carbocycles. The monoisotopic (exact) mass is 540 g/mol. The first kappa shape index (κ1) is 28.3. The highest BCUT2D eigenvalue weighted by molar-refractivity contribution is 6.47. The summed E-state index contributed by atoms with van der Waals surface area (Å²) in [6.45, 7) is 13.2. The Hall–Kier alpha value is -2.26. The van der Waals surface area contributed by atoms with Gasteiger partial charge in [-0.05, 0) is 89.0 Å². The molecule has 9 heteroatoms. The number of benzene rings is 1. The predicted molar refractivity (Wildman–Crippen MR) is 149 cm³/mol. The van der Waals surface area contributed by atoms with Gasteiger partial charge < -0.3 is 29.0 Å². The Bertz CT molecular complexity index is 1050. The third-order valence-electron chi connectivity index (χ3n) is 9.56. The molecule has 0 aromatic heterocycles. The first-order chi connectivity index (χ1) is 18.4. The Morgan fingerprint density at radius 3 is 2.59 bits per heavy atom. The van der Waals surface area contributed by atoms with Gasteiger partial charge in [-0.3, -0.25) is 0 Å². The van der Waals surface area contributed by atoms with E-state index >= 15 is 0 Å². The fraction of sp³-hybridized carbons (Fsp3) is 0.733. The number of piperidine rings is 1. The molecule has 1 aromatic carbocycles. The Kier molecular flexibility index (Phi) is 7.70. The van der Waals surface area contributed by atoms with E-state index in [1.807, 2.05) is 51.1 Å². The molecule has 6 atom stereocenters. The molecule has 0 radical (unpaired) electrons. The molecule has 39 heavy (non-hydrogen) atoms. The molecule has 0 spiro atoms. The minimum absolute atomic E-state index is 0.0278. The second-order valence-electron chi connectivity index (χ2n) is 13.7. The average molecular weight is 541 g/mol. The molecule has 1 aromatic rings. The molecule has 1 N–H and O–H groups in total. The van der Waals surface area contributed by atoms with Gasteiger partial charge in [0.25, 0.3) is 0 Å². The van der Waals surface area contributed by atoms with E-state index in [1.165, 1.54) is 6.42 Å². The Morgan fingerprint density at radius 2 is 1.90 bits per heavy atom. The lowest BCUT2D eigenvalue weighted by Gasteiger charge is -2.64. The van der Waals surface area contributed by atoms with E-state index in [1.54, 1.807) is 4.90 Å². The molecule has 2 bridgehead atoms. The molecule has 2 heterocycles. The molecule has 2 amide bonds. The molecule has 2 saturated heterocycles. The summed E-state index contributed by atoms with van der Waals surface area (Å²) in [5.41, 5.74) is 0.389. The Balaban J connectivity index is 1.24. The summed E-state index contributed by atoms with van der Waals surface area (Å²) in [5.74, 6) is 0.681. The van der Waals surface area contributed by atoms with Crippen molar-refractivity contribution in [1.82, 2.24) is 10.2 Å². The summed E-state index contributed by atoms with van der Waals surface area (Å²) in [4.78, 5) is 27.6. The number of hydrogen-bond acceptors (Lipinski definition) is 6. The van der Waals surface area contributed by atoms with Crippen molar-refractivity contribution in [2.45, 2.75) is 109 Å². The molecule has 8 nitrogen and oxygen atoms in total. The number of carbonyl (C=O) groups is 2. The second kappa shape index (κ2) is 10.6. The highest BCUT2D eigenvalue weighted by Gasteiger charge is 2.68. The summed E-state index contributed by atoms with van der Waals surface area (Å²) < 4.78 is 24.5. The highest BCUT2D eigenvalue weighted by Crippen LogP contribution is 2.65. The molecule has 5 fully saturated rings. The number of rotatable bonds is 6. The van der Waals surface area contributed by atoms with Crippen LogP contribution in [0.3, 0.4) is 0 Å². The van der Waals surface area contributed by atoms with Gasteiger partial charge in [0.1, 0.15) is 12.2 Å². The lowest BCUT2D eigenvalue weighted by Crippen LogP contribution is -2.65. The van der Waals surface area contributed by atoms with E-state index in [4.69, 9.17) is 18.8 Å². The average Bonchev–Trinajstić information content (AvgIpc) is 3.24. The van der Waals surface area contributed by atoms with Gasteiger partial charge in [-0.2, -0.15) is 0 Å². The summed E-state index contributed by atoms with van der Waals surface area (Å²) >= 11 is 0. The maximum absolute atomic E-state index is 13.1. The van der Waals surface area contributed by atoms with Crippen LogP contribution in [-0.2, 0) is 25.2 Å². The number of nitrogens with one attached hydrogen (secondary N) is 1. The number of carbonyl (C=O) groups excluding carboxylic acids is 2. The normalized spacial score (nSPS) is 32.1. The van der Waals surface area contributed by atoms with Crippen molar-refractivity contribution in [2.24, 2.45) is 17.3 Å². The molecule has 214 valence electrons. The van der Waals surface area contributed by atoms with E-state index in [9.17, 15) is 9.59 Å². The maximum Gasteiger partial charge on any atom is 0.482 e. The number of hydrogen-bond donors (Lipinski definition) is 1. The Labute approximate surface area is 233 Å². The maximum atomic E-state index is 13.1. The van der Waals surface area contributed by atoms with Crippen molar-refractivity contribution in [2.75, 3.05) is 13.2 Å². The van der Waals surface area contributed by atoms with Crippen LogP contribution < -0.4 is 5.32 Å². The van der Waals surface area contributed by atoms with Gasteiger partial charge in [0, 0.05) is 6.54 Å². The van der Waals surface area contributed by atoms with Crippen LogP contribution in [-0.4, -0.2) is 66.6 Å². The third kappa shape index (κ3) is 5.80. The summed E-state index contributed by atoms with van der Waals surface area (Å²) in [5, 5.41) is 3.06. The van der Waals surface area contributed by atoms with Crippen molar-refractivity contribution in [3.8, 4) is 0 Å². The smallest absolute Gasteiger partial charge is 0.447 e. The van der Waals surface area contributed by atoms with Crippen molar-refractivity contribution in [3.05, 3.63) is 35.9 Å². The standard InChI is InChI=1S/C30H45BN2O6/c1-28(2,3)37-27(35)33-15-11-10-14-22(33)19-36-26(34)32-25(16-20-12-8-7-9-13-20)31-38-24-18-21-17-23(29(21,4)5)30(24,6)39-31/h7-9,12-13,21-25H,10-11,14-19H2,1-6H3,(H,32,34)/t21-,22+,23-,24?,25-,30-/m0/s1. The van der Waals surface area contributed by atoms with Gasteiger partial charge in [-0.1, -0.05) is 44.2 Å². The predicted octanol–water partition coefficient (Wildman–Crippen LogP) is 5.38. The lowest BCUT2D eigenvalue weighted by molar-refractivity contribution is -0.199. The first-order valence-corrected chi connectivity index (χ1v) is 14.7. The zero-order valence-corrected chi connectivity index (χ0v) is 24.4. The summed E-state index contributed by atoms with van der Waals surface area (Å²) in [7, 11) is -0.559. The van der Waals surface area contributed by atoms with E-state index in [0.717, 1.165) is 31.2 Å². The van der Waals surface area contributed by atoms with Crippen LogP contribution in [0.1, 0.15) is 79.2 Å². The van der Waals surface area contributed by atoms with Gasteiger partial charge in [-0.15, -0.1) is 0 Å². The molecule has 5 aliphatic rings. The fourth-order valence-corrected chi connectivity index (χ4v) is 7.25. The van der Waals surface area contributed by atoms with E-state index in [-0.39, 0.29) is 35.9 Å². The minimum atomic E-state index is -0.577. The first-order valence-electron chi connectivity index (χ1n) is 14.7. The topological polar surface area (TPSA) is 86.3 Å². The molecule has 3 aliphatic carbocycles. The van der Waals surface area contributed by atoms with Crippen LogP contribution in [0.5, 0.6) is 0 Å². The Morgan fingerprint density at radius 1 is 1.15 bits per heavy atom. The number of likely N-dealkylation sites (tertiary alicyclic amines) is 1.